The molecule has 0 saturated carbocycles. The van der Waals surface area contributed by atoms with Gasteiger partial charge in [-0.25, -0.2) is 0 Å². The molecule has 0 aliphatic rings. The molecule has 0 N–H and O–H groups in total. The van der Waals surface area contributed by atoms with Crippen LogP contribution in [0.25, 0.3) is 21.5 Å². The number of ether oxygens (including phenoxy) is 2. The minimum absolute atomic E-state index is 0.799. The second-order valence-corrected chi connectivity index (χ2v) is 7.84. The first-order valence-electron chi connectivity index (χ1n) is 11.1. The molecular weight excluding hydrogens is 420 g/mol. The summed E-state index contributed by atoms with van der Waals surface area (Å²) in [5.74, 6) is 1.60. The first-order valence-corrected chi connectivity index (χ1v) is 11.1. The average Bonchev–Trinajstić information content (AvgIpc) is 2.90. The third kappa shape index (κ3) is 4.26. The van der Waals surface area contributed by atoms with Crippen molar-refractivity contribution in [2.75, 3.05) is 14.2 Å². The van der Waals surface area contributed by atoms with Crippen molar-refractivity contribution in [2.24, 2.45) is 9.98 Å². The summed E-state index contributed by atoms with van der Waals surface area (Å²) in [6.07, 6.45) is 3.72. The number of hydrogen-bond donors (Lipinski definition) is 0. The zero-order chi connectivity index (χ0) is 23.3. The van der Waals surface area contributed by atoms with Gasteiger partial charge in [-0.15, -0.1) is 0 Å². The smallest absolute Gasteiger partial charge is 0.128 e. The normalized spacial score (nSPS) is 11.6. The number of hydrogen-bond acceptors (Lipinski definition) is 4. The van der Waals surface area contributed by atoms with Crippen molar-refractivity contribution < 1.29 is 9.47 Å². The lowest BCUT2D eigenvalue weighted by molar-refractivity contribution is 0.414. The van der Waals surface area contributed by atoms with E-state index < -0.39 is 0 Å². The molecule has 0 aliphatic heterocycles. The topological polar surface area (TPSA) is 43.2 Å². The fraction of sp³-hybridized carbons (Fsp3) is 0.0667. The van der Waals surface area contributed by atoms with Crippen LogP contribution in [0.1, 0.15) is 11.1 Å². The lowest BCUT2D eigenvalue weighted by Crippen LogP contribution is -1.92. The van der Waals surface area contributed by atoms with E-state index in [1.54, 1.807) is 14.2 Å². The van der Waals surface area contributed by atoms with Crippen molar-refractivity contribution in [3.63, 3.8) is 0 Å². The molecule has 4 heteroatoms. The molecule has 0 unspecified atom stereocenters. The molecule has 4 nitrogen and oxygen atoms in total. The van der Waals surface area contributed by atoms with E-state index in [1.807, 2.05) is 73.1 Å². The standard InChI is InChI=1S/C30H24N2O2/c1-33-29-17-11-21-7-3-5-9-25(21)27(29)19-31-23-13-15-24(16-14-23)32-20-28-26-10-6-4-8-22(26)12-18-30(28)34-2/h3-20H,1-2H3. The molecule has 34 heavy (non-hydrogen) atoms. The fourth-order valence-electron chi connectivity index (χ4n) is 4.08. The average molecular weight is 445 g/mol. The lowest BCUT2D eigenvalue weighted by Gasteiger charge is -2.08. The molecule has 0 spiro atoms. The maximum absolute atomic E-state index is 5.56. The monoisotopic (exact) mass is 444 g/mol. The molecule has 0 bridgehead atoms. The minimum atomic E-state index is 0.799. The van der Waals surface area contributed by atoms with E-state index in [-0.39, 0.29) is 0 Å². The van der Waals surface area contributed by atoms with Gasteiger partial charge in [-0.3, -0.25) is 9.98 Å². The summed E-state index contributed by atoms with van der Waals surface area (Å²) < 4.78 is 11.1. The summed E-state index contributed by atoms with van der Waals surface area (Å²) >= 11 is 0. The zero-order valence-corrected chi connectivity index (χ0v) is 19.1. The summed E-state index contributed by atoms with van der Waals surface area (Å²) in [5.41, 5.74) is 3.62. The number of benzene rings is 5. The van der Waals surface area contributed by atoms with Crippen LogP contribution in [0.5, 0.6) is 11.5 Å². The van der Waals surface area contributed by atoms with E-state index >= 15 is 0 Å². The van der Waals surface area contributed by atoms with Crippen LogP contribution in [0.4, 0.5) is 11.4 Å². The largest absolute Gasteiger partial charge is 0.496 e. The Labute approximate surface area is 198 Å². The van der Waals surface area contributed by atoms with E-state index in [9.17, 15) is 0 Å². The van der Waals surface area contributed by atoms with Crippen molar-refractivity contribution in [3.05, 3.63) is 108 Å². The van der Waals surface area contributed by atoms with Gasteiger partial charge < -0.3 is 9.47 Å². The molecule has 5 aromatic carbocycles. The second kappa shape index (κ2) is 9.59. The van der Waals surface area contributed by atoms with E-state index in [0.717, 1.165) is 55.5 Å². The Morgan fingerprint density at radius 3 is 1.32 bits per heavy atom. The molecule has 0 saturated heterocycles. The predicted molar refractivity (Wildman–Crippen MR) is 142 cm³/mol. The van der Waals surface area contributed by atoms with Gasteiger partial charge in [0.15, 0.2) is 0 Å². The highest BCUT2D eigenvalue weighted by atomic mass is 16.5. The van der Waals surface area contributed by atoms with Gasteiger partial charge in [0.05, 0.1) is 25.6 Å². The Balaban J connectivity index is 1.42. The van der Waals surface area contributed by atoms with Gasteiger partial charge >= 0.3 is 0 Å². The van der Waals surface area contributed by atoms with Crippen molar-refractivity contribution >= 4 is 45.3 Å². The molecule has 0 radical (unpaired) electrons. The van der Waals surface area contributed by atoms with Crippen LogP contribution in [0, 0.1) is 0 Å². The van der Waals surface area contributed by atoms with E-state index in [2.05, 4.69) is 46.4 Å². The van der Waals surface area contributed by atoms with Crippen LogP contribution in [0.3, 0.4) is 0 Å². The Morgan fingerprint density at radius 2 is 0.912 bits per heavy atom. The number of methoxy groups -OCH3 is 2. The van der Waals surface area contributed by atoms with Crippen LogP contribution in [-0.4, -0.2) is 26.6 Å². The molecule has 0 fully saturated rings. The fourth-order valence-corrected chi connectivity index (χ4v) is 4.08. The molecule has 0 heterocycles. The highest BCUT2D eigenvalue weighted by Gasteiger charge is 2.07. The van der Waals surface area contributed by atoms with Crippen LogP contribution >= 0.6 is 0 Å². The first kappa shape index (κ1) is 21.4. The van der Waals surface area contributed by atoms with Gasteiger partial charge in [0.25, 0.3) is 0 Å². The first-order chi connectivity index (χ1) is 16.8. The summed E-state index contributed by atoms with van der Waals surface area (Å²) in [5, 5.41) is 4.52. The highest BCUT2D eigenvalue weighted by molar-refractivity contribution is 6.04. The SMILES string of the molecule is COc1ccc2ccccc2c1C=Nc1ccc(N=Cc2c(OC)ccc3ccccc23)cc1. The van der Waals surface area contributed by atoms with Crippen LogP contribution < -0.4 is 9.47 Å². The summed E-state index contributed by atoms with van der Waals surface area (Å²) in [6.45, 7) is 0. The maximum Gasteiger partial charge on any atom is 0.128 e. The van der Waals surface area contributed by atoms with Gasteiger partial charge in [0.1, 0.15) is 11.5 Å². The van der Waals surface area contributed by atoms with Crippen LogP contribution in [-0.2, 0) is 0 Å². The van der Waals surface area contributed by atoms with E-state index in [1.165, 1.54) is 0 Å². The molecule has 5 rings (SSSR count). The van der Waals surface area contributed by atoms with Crippen molar-refractivity contribution in [1.29, 1.82) is 0 Å². The lowest BCUT2D eigenvalue weighted by atomic mass is 10.0. The molecular formula is C30H24N2O2. The van der Waals surface area contributed by atoms with Crippen molar-refractivity contribution in [1.82, 2.24) is 0 Å². The minimum Gasteiger partial charge on any atom is -0.496 e. The second-order valence-electron chi connectivity index (χ2n) is 7.84. The van der Waals surface area contributed by atoms with Gasteiger partial charge in [-0.05, 0) is 57.9 Å². The van der Waals surface area contributed by atoms with E-state index in [4.69, 9.17) is 9.47 Å². The summed E-state index contributed by atoms with van der Waals surface area (Å²) in [6, 6.07) is 32.4. The van der Waals surface area contributed by atoms with Gasteiger partial charge in [-0.1, -0.05) is 60.7 Å². The van der Waals surface area contributed by atoms with Gasteiger partial charge in [0, 0.05) is 23.6 Å². The Bertz CT molecular complexity index is 1400. The maximum atomic E-state index is 5.56. The number of fused-ring (bicyclic) bond motifs is 2. The van der Waals surface area contributed by atoms with E-state index in [0.29, 0.717) is 0 Å². The van der Waals surface area contributed by atoms with Crippen molar-refractivity contribution in [3.8, 4) is 11.5 Å². The number of nitrogens with zero attached hydrogens (tertiary/aromatic N) is 2. The quantitative estimate of drug-likeness (QED) is 0.254. The predicted octanol–water partition coefficient (Wildman–Crippen LogP) is 7.51. The number of rotatable bonds is 6. The molecule has 5 aromatic rings. The Morgan fingerprint density at radius 1 is 0.500 bits per heavy atom. The zero-order valence-electron chi connectivity index (χ0n) is 19.1. The third-order valence-electron chi connectivity index (χ3n) is 5.84. The van der Waals surface area contributed by atoms with Crippen molar-refractivity contribution in [2.45, 2.75) is 0 Å². The van der Waals surface area contributed by atoms with Gasteiger partial charge in [-0.2, -0.15) is 0 Å². The highest BCUT2D eigenvalue weighted by Crippen LogP contribution is 2.29. The summed E-state index contributed by atoms with van der Waals surface area (Å²) in [7, 11) is 3.36. The Kier molecular flexibility index (Phi) is 6.04. The molecule has 0 aliphatic carbocycles. The molecule has 0 aromatic heterocycles. The van der Waals surface area contributed by atoms with Gasteiger partial charge in [0.2, 0.25) is 0 Å². The number of aliphatic imine (C=N–C) groups is 2. The Hall–Kier alpha value is -4.44. The van der Waals surface area contributed by atoms with Crippen LogP contribution in [0.15, 0.2) is 107 Å². The molecule has 0 atom stereocenters. The molecule has 0 amide bonds. The third-order valence-corrected chi connectivity index (χ3v) is 5.84. The summed E-state index contributed by atoms with van der Waals surface area (Å²) in [4.78, 5) is 9.37. The van der Waals surface area contributed by atoms with Crippen LogP contribution in [0.2, 0.25) is 0 Å². The molecule has 166 valence electrons.